The number of rotatable bonds is 8. The molecule has 154 valence electrons. The van der Waals surface area contributed by atoms with Gasteiger partial charge in [-0.25, -0.2) is 0 Å². The Morgan fingerprint density at radius 2 is 1.66 bits per heavy atom. The molecule has 2 aromatic rings. The molecular formula is C24H30N2O3. The Bertz CT molecular complexity index is 771. The zero-order valence-corrected chi connectivity index (χ0v) is 17.0. The molecule has 29 heavy (non-hydrogen) atoms. The van der Waals surface area contributed by atoms with Crippen molar-refractivity contribution >= 4 is 11.9 Å². The maximum absolute atomic E-state index is 12.7. The lowest BCUT2D eigenvalue weighted by molar-refractivity contribution is -0.151. The van der Waals surface area contributed by atoms with E-state index in [1.165, 1.54) is 11.1 Å². The van der Waals surface area contributed by atoms with Crippen molar-refractivity contribution < 1.29 is 14.3 Å². The van der Waals surface area contributed by atoms with Gasteiger partial charge < -0.3 is 15.0 Å². The van der Waals surface area contributed by atoms with Crippen molar-refractivity contribution in [2.75, 3.05) is 26.2 Å². The minimum absolute atomic E-state index is 0.0691. The lowest BCUT2D eigenvalue weighted by Crippen LogP contribution is -2.45. The highest BCUT2D eigenvalue weighted by Crippen LogP contribution is 2.20. The van der Waals surface area contributed by atoms with E-state index in [9.17, 15) is 9.59 Å². The van der Waals surface area contributed by atoms with Crippen molar-refractivity contribution in [2.45, 2.75) is 32.2 Å². The third-order valence-corrected chi connectivity index (χ3v) is 5.45. The van der Waals surface area contributed by atoms with Crippen LogP contribution in [0.1, 0.15) is 36.9 Å². The monoisotopic (exact) mass is 394 g/mol. The topological polar surface area (TPSA) is 58.6 Å². The number of carbonyl (C=O) groups excluding carboxylic acids is 2. The highest BCUT2D eigenvalue weighted by Gasteiger charge is 2.28. The van der Waals surface area contributed by atoms with Crippen molar-refractivity contribution in [1.29, 1.82) is 0 Å². The first kappa shape index (κ1) is 21.1. The number of nitrogens with zero attached hydrogens (tertiary/aromatic N) is 1. The predicted molar refractivity (Wildman–Crippen MR) is 113 cm³/mol. The summed E-state index contributed by atoms with van der Waals surface area (Å²) in [6.07, 6.45) is 2.18. The second kappa shape index (κ2) is 10.8. The number of carbonyl (C=O) groups is 2. The maximum Gasteiger partial charge on any atom is 0.309 e. The number of hydrogen-bond donors (Lipinski definition) is 1. The molecule has 1 atom stereocenters. The van der Waals surface area contributed by atoms with Gasteiger partial charge in [-0.3, -0.25) is 9.59 Å². The van der Waals surface area contributed by atoms with E-state index in [0.717, 1.165) is 6.42 Å². The lowest BCUT2D eigenvalue weighted by Gasteiger charge is -2.31. The highest BCUT2D eigenvalue weighted by atomic mass is 16.5. The van der Waals surface area contributed by atoms with Crippen molar-refractivity contribution in [3.63, 3.8) is 0 Å². The van der Waals surface area contributed by atoms with Crippen LogP contribution in [-0.2, 0) is 20.7 Å². The van der Waals surface area contributed by atoms with E-state index in [0.29, 0.717) is 32.5 Å². The number of amides is 1. The second-order valence-corrected chi connectivity index (χ2v) is 7.44. The molecule has 0 bridgehead atoms. The van der Waals surface area contributed by atoms with Crippen molar-refractivity contribution in [2.24, 2.45) is 5.92 Å². The first-order chi connectivity index (χ1) is 14.2. The Morgan fingerprint density at radius 1 is 1.03 bits per heavy atom. The van der Waals surface area contributed by atoms with Gasteiger partial charge in [-0.05, 0) is 37.3 Å². The zero-order chi connectivity index (χ0) is 20.5. The summed E-state index contributed by atoms with van der Waals surface area (Å²) >= 11 is 0. The fraction of sp³-hybridized carbons (Fsp3) is 0.417. The molecule has 0 aliphatic carbocycles. The van der Waals surface area contributed by atoms with Gasteiger partial charge in [0.15, 0.2) is 0 Å². The number of piperidine rings is 1. The highest BCUT2D eigenvalue weighted by molar-refractivity contribution is 5.79. The third-order valence-electron chi connectivity index (χ3n) is 5.45. The Morgan fingerprint density at radius 3 is 2.28 bits per heavy atom. The summed E-state index contributed by atoms with van der Waals surface area (Å²) in [5.41, 5.74) is 2.40. The van der Waals surface area contributed by atoms with Gasteiger partial charge in [0.1, 0.15) is 0 Å². The average Bonchev–Trinajstić information content (AvgIpc) is 2.78. The largest absolute Gasteiger partial charge is 0.466 e. The van der Waals surface area contributed by atoms with Crippen LogP contribution in [0.5, 0.6) is 0 Å². The molecule has 1 fully saturated rings. The number of nitrogens with one attached hydrogen (secondary N) is 1. The van der Waals surface area contributed by atoms with E-state index in [1.807, 2.05) is 48.2 Å². The Kier molecular flexibility index (Phi) is 7.82. The summed E-state index contributed by atoms with van der Waals surface area (Å²) < 4.78 is 5.11. The molecule has 3 rings (SSSR count). The Balaban J connectivity index is 1.55. The molecule has 5 heteroatoms. The van der Waals surface area contributed by atoms with Crippen LogP contribution in [0, 0.1) is 5.92 Å². The van der Waals surface area contributed by atoms with E-state index in [2.05, 4.69) is 29.6 Å². The standard InChI is InChI=1S/C24H30N2O3/c1-2-29-24(28)21-13-15-26(16-14-21)23(27)18-25-22(20-11-7-4-8-12-20)17-19-9-5-3-6-10-19/h3-12,21-22,25H,2,13-18H2,1H3. The van der Waals surface area contributed by atoms with Gasteiger partial charge in [-0.1, -0.05) is 60.7 Å². The van der Waals surface area contributed by atoms with Crippen LogP contribution in [0.2, 0.25) is 0 Å². The molecule has 1 aliphatic rings. The summed E-state index contributed by atoms with van der Waals surface area (Å²) in [4.78, 5) is 26.5. The summed E-state index contributed by atoms with van der Waals surface area (Å²) in [5.74, 6) is -0.131. The molecule has 2 aromatic carbocycles. The molecule has 1 amide bonds. The van der Waals surface area contributed by atoms with Gasteiger partial charge in [-0.2, -0.15) is 0 Å². The minimum atomic E-state index is -0.135. The Labute approximate surface area is 173 Å². The van der Waals surface area contributed by atoms with Gasteiger partial charge in [0.2, 0.25) is 5.91 Å². The minimum Gasteiger partial charge on any atom is -0.466 e. The van der Waals surface area contributed by atoms with Crippen LogP contribution in [0.3, 0.4) is 0 Å². The van der Waals surface area contributed by atoms with Gasteiger partial charge in [0, 0.05) is 19.1 Å². The van der Waals surface area contributed by atoms with Crippen LogP contribution < -0.4 is 5.32 Å². The van der Waals surface area contributed by atoms with E-state index in [-0.39, 0.29) is 30.4 Å². The van der Waals surface area contributed by atoms with Crippen LogP contribution in [-0.4, -0.2) is 43.0 Å². The first-order valence-electron chi connectivity index (χ1n) is 10.4. The van der Waals surface area contributed by atoms with Gasteiger partial charge >= 0.3 is 5.97 Å². The number of esters is 1. The number of hydrogen-bond acceptors (Lipinski definition) is 4. The maximum atomic E-state index is 12.7. The molecule has 1 unspecified atom stereocenters. The van der Waals surface area contributed by atoms with E-state index < -0.39 is 0 Å². The molecule has 1 saturated heterocycles. The lowest BCUT2D eigenvalue weighted by atomic mass is 9.97. The number of ether oxygens (including phenoxy) is 1. The van der Waals surface area contributed by atoms with Crippen molar-refractivity contribution in [1.82, 2.24) is 10.2 Å². The summed E-state index contributed by atoms with van der Waals surface area (Å²) in [6, 6.07) is 20.6. The van der Waals surface area contributed by atoms with Crippen LogP contribution in [0.15, 0.2) is 60.7 Å². The molecule has 0 aromatic heterocycles. The summed E-state index contributed by atoms with van der Waals surface area (Å²) in [7, 11) is 0. The Hall–Kier alpha value is -2.66. The normalized spacial score (nSPS) is 15.7. The summed E-state index contributed by atoms with van der Waals surface area (Å²) in [5, 5.41) is 3.45. The first-order valence-corrected chi connectivity index (χ1v) is 10.4. The van der Waals surface area contributed by atoms with Crippen molar-refractivity contribution in [3.05, 3.63) is 71.8 Å². The van der Waals surface area contributed by atoms with E-state index in [1.54, 1.807) is 0 Å². The van der Waals surface area contributed by atoms with Gasteiger partial charge in [0.25, 0.3) is 0 Å². The van der Waals surface area contributed by atoms with E-state index >= 15 is 0 Å². The number of likely N-dealkylation sites (tertiary alicyclic amines) is 1. The van der Waals surface area contributed by atoms with Crippen LogP contribution >= 0.6 is 0 Å². The third kappa shape index (κ3) is 6.16. The molecule has 1 N–H and O–H groups in total. The zero-order valence-electron chi connectivity index (χ0n) is 17.0. The van der Waals surface area contributed by atoms with Gasteiger partial charge in [0.05, 0.1) is 19.1 Å². The van der Waals surface area contributed by atoms with Crippen LogP contribution in [0.4, 0.5) is 0 Å². The molecular weight excluding hydrogens is 364 g/mol. The molecule has 1 heterocycles. The average molecular weight is 395 g/mol. The number of benzene rings is 2. The molecule has 0 radical (unpaired) electrons. The second-order valence-electron chi connectivity index (χ2n) is 7.44. The van der Waals surface area contributed by atoms with Gasteiger partial charge in [-0.15, -0.1) is 0 Å². The van der Waals surface area contributed by atoms with E-state index in [4.69, 9.17) is 4.74 Å². The fourth-order valence-corrected chi connectivity index (χ4v) is 3.79. The molecule has 5 nitrogen and oxygen atoms in total. The quantitative estimate of drug-likeness (QED) is 0.698. The summed E-state index contributed by atoms with van der Waals surface area (Å²) in [6.45, 7) is 3.73. The molecule has 0 saturated carbocycles. The van der Waals surface area contributed by atoms with Crippen molar-refractivity contribution in [3.8, 4) is 0 Å². The van der Waals surface area contributed by atoms with Crippen LogP contribution in [0.25, 0.3) is 0 Å². The molecule has 0 spiro atoms. The smallest absolute Gasteiger partial charge is 0.309 e. The predicted octanol–water partition coefficient (Wildman–Crippen LogP) is 3.36. The SMILES string of the molecule is CCOC(=O)C1CCN(C(=O)CNC(Cc2ccccc2)c2ccccc2)CC1. The fourth-order valence-electron chi connectivity index (χ4n) is 3.79. The molecule has 1 aliphatic heterocycles.